The highest BCUT2D eigenvalue weighted by atomic mass is 35.5. The molecule has 1 N–H and O–H groups in total. The van der Waals surface area contributed by atoms with Crippen molar-refractivity contribution in [3.63, 3.8) is 0 Å². The summed E-state index contributed by atoms with van der Waals surface area (Å²) in [6.45, 7) is 6.29. The Hall–Kier alpha value is -2.86. The summed E-state index contributed by atoms with van der Waals surface area (Å²) in [4.78, 5) is 6.87. The van der Waals surface area contributed by atoms with E-state index in [4.69, 9.17) is 35.4 Å². The smallest absolute Gasteiger partial charge is 0.174 e. The molecular weight excluding hydrogens is 483 g/mol. The van der Waals surface area contributed by atoms with E-state index in [1.54, 1.807) is 6.07 Å². The largest absolute Gasteiger partial charge is 0.351 e. The van der Waals surface area contributed by atoms with E-state index >= 15 is 0 Å². The van der Waals surface area contributed by atoms with Gasteiger partial charge in [0.05, 0.1) is 33.5 Å². The van der Waals surface area contributed by atoms with Gasteiger partial charge in [-0.25, -0.2) is 0 Å². The fourth-order valence-electron chi connectivity index (χ4n) is 4.85. The number of rotatable bonds is 4. The van der Waals surface area contributed by atoms with Crippen LogP contribution in [0.1, 0.15) is 40.3 Å². The second-order valence-electron chi connectivity index (χ2n) is 8.57. The molecule has 0 radical (unpaired) electrons. The van der Waals surface area contributed by atoms with Gasteiger partial charge in [0.25, 0.3) is 0 Å². The molecule has 4 aromatic rings. The highest BCUT2D eigenvalue weighted by Gasteiger charge is 2.42. The van der Waals surface area contributed by atoms with Crippen molar-refractivity contribution in [2.75, 3.05) is 4.90 Å². The third-order valence-electron chi connectivity index (χ3n) is 6.34. The predicted molar refractivity (Wildman–Crippen MR) is 144 cm³/mol. The Balaban J connectivity index is 1.71. The molecule has 0 saturated carbocycles. The molecule has 1 saturated heterocycles. The lowest BCUT2D eigenvalue weighted by molar-refractivity contribution is 0.565. The zero-order valence-corrected chi connectivity index (χ0v) is 21.4. The standard InChI is InChI=1S/C27H24Cl2N4S/c1-16-8-6-9-19(14-16)33-26(25(31-27(33)34)22-11-4-5-13-30-22)20-15-17(2)32(18(20)3)23-12-7-10-21(28)24(23)29/h4-15,25-26H,1-3H3,(H,31,34)/t25-,26-/m1/s1. The zero-order valence-electron chi connectivity index (χ0n) is 19.1. The fraction of sp³-hybridized carbons (Fsp3) is 0.185. The zero-order chi connectivity index (χ0) is 24.0. The highest BCUT2D eigenvalue weighted by Crippen LogP contribution is 2.44. The van der Waals surface area contributed by atoms with Crippen LogP contribution in [-0.4, -0.2) is 14.7 Å². The number of nitrogens with one attached hydrogen (secondary N) is 1. The van der Waals surface area contributed by atoms with Crippen LogP contribution in [0.3, 0.4) is 0 Å². The molecule has 172 valence electrons. The SMILES string of the molecule is Cc1cccc(N2C(=S)N[C@H](c3ccccn3)[C@H]2c2cc(C)n(-c3cccc(Cl)c3Cl)c2C)c1. The van der Waals surface area contributed by atoms with E-state index in [1.165, 1.54) is 5.56 Å². The minimum atomic E-state index is -0.113. The topological polar surface area (TPSA) is 33.1 Å². The van der Waals surface area contributed by atoms with Crippen LogP contribution in [0.25, 0.3) is 5.69 Å². The number of pyridine rings is 1. The summed E-state index contributed by atoms with van der Waals surface area (Å²) in [5.41, 5.74) is 7.33. The van der Waals surface area contributed by atoms with Crippen molar-refractivity contribution >= 4 is 46.2 Å². The second-order valence-corrected chi connectivity index (χ2v) is 9.74. The molecule has 0 amide bonds. The van der Waals surface area contributed by atoms with Crippen LogP contribution < -0.4 is 10.2 Å². The van der Waals surface area contributed by atoms with E-state index in [9.17, 15) is 0 Å². The molecule has 4 nitrogen and oxygen atoms in total. The van der Waals surface area contributed by atoms with Gasteiger partial charge in [-0.2, -0.15) is 0 Å². The molecule has 0 spiro atoms. The van der Waals surface area contributed by atoms with Crippen molar-refractivity contribution in [1.29, 1.82) is 0 Å². The monoisotopic (exact) mass is 506 g/mol. The lowest BCUT2D eigenvalue weighted by Crippen LogP contribution is -2.29. The van der Waals surface area contributed by atoms with Gasteiger partial charge in [0.1, 0.15) is 0 Å². The Labute approximate surface area is 215 Å². The summed E-state index contributed by atoms with van der Waals surface area (Å²) >= 11 is 18.9. The highest BCUT2D eigenvalue weighted by molar-refractivity contribution is 7.80. The molecule has 1 aliphatic rings. The summed E-state index contributed by atoms with van der Waals surface area (Å²) in [5.74, 6) is 0. The van der Waals surface area contributed by atoms with E-state index in [-0.39, 0.29) is 12.1 Å². The number of hydrogen-bond donors (Lipinski definition) is 1. The van der Waals surface area contributed by atoms with Crippen LogP contribution in [0.2, 0.25) is 10.0 Å². The molecule has 2 atom stereocenters. The lowest BCUT2D eigenvalue weighted by Gasteiger charge is -2.28. The Kier molecular flexibility index (Phi) is 6.11. The van der Waals surface area contributed by atoms with Gasteiger partial charge in [-0.05, 0) is 86.6 Å². The first-order valence-electron chi connectivity index (χ1n) is 11.1. The van der Waals surface area contributed by atoms with Crippen molar-refractivity contribution in [1.82, 2.24) is 14.9 Å². The molecule has 3 heterocycles. The van der Waals surface area contributed by atoms with Crippen molar-refractivity contribution in [3.05, 3.63) is 111 Å². The van der Waals surface area contributed by atoms with Gasteiger partial charge in [-0.15, -0.1) is 0 Å². The number of hydrogen-bond acceptors (Lipinski definition) is 2. The van der Waals surface area contributed by atoms with Gasteiger partial charge < -0.3 is 14.8 Å². The normalized spacial score (nSPS) is 17.8. The van der Waals surface area contributed by atoms with Crippen LogP contribution >= 0.6 is 35.4 Å². The summed E-state index contributed by atoms with van der Waals surface area (Å²) in [6, 6.07) is 22.1. The number of halogens is 2. The molecule has 2 aromatic heterocycles. The van der Waals surface area contributed by atoms with E-state index in [1.807, 2.05) is 36.5 Å². The molecule has 7 heteroatoms. The Morgan fingerprint density at radius 2 is 1.74 bits per heavy atom. The van der Waals surface area contributed by atoms with Crippen LogP contribution in [-0.2, 0) is 0 Å². The first-order valence-corrected chi connectivity index (χ1v) is 12.2. The Bertz CT molecular complexity index is 1380. The fourth-order valence-corrected chi connectivity index (χ4v) is 5.58. The molecular formula is C27H24Cl2N4S. The molecule has 0 aliphatic carbocycles. The molecule has 5 rings (SSSR count). The minimum Gasteiger partial charge on any atom is -0.351 e. The molecule has 0 unspecified atom stereocenters. The average molecular weight is 507 g/mol. The molecule has 34 heavy (non-hydrogen) atoms. The summed E-state index contributed by atoms with van der Waals surface area (Å²) in [7, 11) is 0. The van der Waals surface area contributed by atoms with E-state index in [0.29, 0.717) is 15.2 Å². The summed E-state index contributed by atoms with van der Waals surface area (Å²) < 4.78 is 2.16. The van der Waals surface area contributed by atoms with Gasteiger partial charge in [0, 0.05) is 23.3 Å². The third-order valence-corrected chi connectivity index (χ3v) is 7.46. The predicted octanol–water partition coefficient (Wildman–Crippen LogP) is 7.28. The molecule has 1 fully saturated rings. The first kappa shape index (κ1) is 22.9. The van der Waals surface area contributed by atoms with E-state index in [0.717, 1.165) is 34.0 Å². The van der Waals surface area contributed by atoms with Gasteiger partial charge >= 0.3 is 0 Å². The number of anilines is 1. The Morgan fingerprint density at radius 1 is 0.941 bits per heavy atom. The average Bonchev–Trinajstić information content (AvgIpc) is 3.32. The van der Waals surface area contributed by atoms with Crippen LogP contribution in [0.15, 0.2) is 72.9 Å². The van der Waals surface area contributed by atoms with Gasteiger partial charge in [0.15, 0.2) is 5.11 Å². The van der Waals surface area contributed by atoms with E-state index < -0.39 is 0 Å². The first-order chi connectivity index (χ1) is 16.4. The number of benzene rings is 2. The number of aromatic nitrogens is 2. The minimum absolute atomic E-state index is 0.0953. The van der Waals surface area contributed by atoms with Gasteiger partial charge in [-0.3, -0.25) is 4.98 Å². The Morgan fingerprint density at radius 3 is 2.47 bits per heavy atom. The van der Waals surface area contributed by atoms with Crippen LogP contribution in [0.4, 0.5) is 5.69 Å². The van der Waals surface area contributed by atoms with Crippen molar-refractivity contribution in [2.45, 2.75) is 32.9 Å². The maximum Gasteiger partial charge on any atom is 0.174 e. The van der Waals surface area contributed by atoms with Crippen molar-refractivity contribution < 1.29 is 0 Å². The third kappa shape index (κ3) is 3.88. The quantitative estimate of drug-likeness (QED) is 0.294. The van der Waals surface area contributed by atoms with Crippen LogP contribution in [0.5, 0.6) is 0 Å². The lowest BCUT2D eigenvalue weighted by atomic mass is 9.96. The molecule has 2 aromatic carbocycles. The van der Waals surface area contributed by atoms with Gasteiger partial charge in [-0.1, -0.05) is 47.5 Å². The maximum atomic E-state index is 6.62. The van der Waals surface area contributed by atoms with Crippen LogP contribution in [0, 0.1) is 20.8 Å². The molecule has 0 bridgehead atoms. The number of nitrogens with zero attached hydrogens (tertiary/aromatic N) is 3. The van der Waals surface area contributed by atoms with Crippen molar-refractivity contribution in [2.24, 2.45) is 0 Å². The number of thiocarbonyl (C=S) groups is 1. The summed E-state index contributed by atoms with van der Waals surface area (Å²) in [6.07, 6.45) is 1.82. The van der Waals surface area contributed by atoms with Gasteiger partial charge in [0.2, 0.25) is 0 Å². The van der Waals surface area contributed by atoms with Crippen molar-refractivity contribution in [3.8, 4) is 5.69 Å². The molecule has 1 aliphatic heterocycles. The maximum absolute atomic E-state index is 6.62. The van der Waals surface area contributed by atoms with E-state index in [2.05, 4.69) is 70.9 Å². The number of aryl methyl sites for hydroxylation is 2. The second kappa shape index (κ2) is 9.06. The summed E-state index contributed by atoms with van der Waals surface area (Å²) in [5, 5.41) is 5.29.